The van der Waals surface area contributed by atoms with Crippen molar-refractivity contribution < 1.29 is 4.79 Å². The van der Waals surface area contributed by atoms with Crippen LogP contribution in [-0.2, 0) is 4.79 Å². The van der Waals surface area contributed by atoms with Gasteiger partial charge in [0.1, 0.15) is 0 Å². The topological polar surface area (TPSA) is 29.1 Å². The zero-order valence-electron chi connectivity index (χ0n) is 9.18. The van der Waals surface area contributed by atoms with Gasteiger partial charge in [0.15, 0.2) is 0 Å². The maximum Gasteiger partial charge on any atom is 0.220 e. The Hall–Kier alpha value is -0.790. The Morgan fingerprint density at radius 3 is 2.46 bits per heavy atom. The third-order valence-corrected chi connectivity index (χ3v) is 1.96. The van der Waals surface area contributed by atoms with Gasteiger partial charge < -0.3 is 5.32 Å². The van der Waals surface area contributed by atoms with Crippen molar-refractivity contribution in [1.82, 2.24) is 5.32 Å². The van der Waals surface area contributed by atoms with Crippen LogP contribution < -0.4 is 5.32 Å². The second kappa shape index (κ2) is 6.70. The van der Waals surface area contributed by atoms with Gasteiger partial charge in [0.2, 0.25) is 5.91 Å². The van der Waals surface area contributed by atoms with E-state index in [-0.39, 0.29) is 5.91 Å². The molecule has 1 N–H and O–H groups in total. The Morgan fingerprint density at radius 2 is 2.00 bits per heavy atom. The first-order valence-electron chi connectivity index (χ1n) is 4.92. The first-order valence-corrected chi connectivity index (χ1v) is 4.92. The summed E-state index contributed by atoms with van der Waals surface area (Å²) in [5, 5.41) is 2.62. The van der Waals surface area contributed by atoms with Crippen molar-refractivity contribution in [2.45, 2.75) is 40.0 Å². The molecule has 0 atom stereocenters. The highest BCUT2D eigenvalue weighted by atomic mass is 16.1. The lowest BCUT2D eigenvalue weighted by Gasteiger charge is -2.02. The Kier molecular flexibility index (Phi) is 6.29. The summed E-state index contributed by atoms with van der Waals surface area (Å²) in [5.74, 6) is 0.826. The molecule has 0 saturated heterocycles. The van der Waals surface area contributed by atoms with E-state index < -0.39 is 0 Å². The maximum atomic E-state index is 10.9. The summed E-state index contributed by atoms with van der Waals surface area (Å²) in [4.78, 5) is 10.9. The van der Waals surface area contributed by atoms with Gasteiger partial charge in [-0.2, -0.15) is 0 Å². The van der Waals surface area contributed by atoms with Gasteiger partial charge in [-0.1, -0.05) is 25.5 Å². The molecule has 1 amide bonds. The highest BCUT2D eigenvalue weighted by Gasteiger charge is 1.98. The van der Waals surface area contributed by atoms with Crippen molar-refractivity contribution in [3.8, 4) is 0 Å². The van der Waals surface area contributed by atoms with E-state index in [1.807, 2.05) is 0 Å². The Balaban J connectivity index is 3.66. The van der Waals surface area contributed by atoms with Crippen LogP contribution in [0, 0.1) is 5.92 Å². The number of nitrogens with one attached hydrogen (secondary N) is 1. The van der Waals surface area contributed by atoms with Crippen molar-refractivity contribution in [3.63, 3.8) is 0 Å². The molecule has 2 nitrogen and oxygen atoms in total. The number of hydrogen-bond donors (Lipinski definition) is 1. The third kappa shape index (κ3) is 7.57. The van der Waals surface area contributed by atoms with E-state index in [1.54, 1.807) is 7.05 Å². The zero-order chi connectivity index (χ0) is 10.3. The van der Waals surface area contributed by atoms with Gasteiger partial charge in [0.05, 0.1) is 0 Å². The molecule has 0 aliphatic rings. The van der Waals surface area contributed by atoms with E-state index in [1.165, 1.54) is 5.57 Å². The van der Waals surface area contributed by atoms with E-state index in [0.717, 1.165) is 12.8 Å². The van der Waals surface area contributed by atoms with Crippen LogP contribution in [0.1, 0.15) is 40.0 Å². The molecule has 0 rings (SSSR count). The molecule has 13 heavy (non-hydrogen) atoms. The second-order valence-corrected chi connectivity index (χ2v) is 3.85. The van der Waals surface area contributed by atoms with Crippen LogP contribution in [-0.4, -0.2) is 13.0 Å². The van der Waals surface area contributed by atoms with Crippen LogP contribution in [0.15, 0.2) is 11.6 Å². The van der Waals surface area contributed by atoms with Crippen LogP contribution >= 0.6 is 0 Å². The summed E-state index contributed by atoms with van der Waals surface area (Å²) in [6.07, 6.45) is 4.83. The van der Waals surface area contributed by atoms with Gasteiger partial charge >= 0.3 is 0 Å². The minimum absolute atomic E-state index is 0.122. The average molecular weight is 183 g/mol. The standard InChI is InChI=1S/C11H21NO/c1-9(2)5-6-10(3)7-8-11(13)12-4/h6,9H,5,7-8H2,1-4H3,(H,12,13)/b10-6-. The van der Waals surface area contributed by atoms with Crippen LogP contribution in [0.4, 0.5) is 0 Å². The van der Waals surface area contributed by atoms with E-state index in [2.05, 4.69) is 32.2 Å². The molecule has 0 aliphatic carbocycles. The molecule has 0 unspecified atom stereocenters. The van der Waals surface area contributed by atoms with E-state index in [0.29, 0.717) is 12.3 Å². The molecule has 0 aromatic carbocycles. The van der Waals surface area contributed by atoms with Crippen molar-refractivity contribution >= 4 is 5.91 Å². The predicted molar refractivity (Wildman–Crippen MR) is 56.5 cm³/mol. The average Bonchev–Trinajstić information content (AvgIpc) is 2.10. The lowest BCUT2D eigenvalue weighted by molar-refractivity contribution is -0.120. The van der Waals surface area contributed by atoms with Crippen molar-refractivity contribution in [1.29, 1.82) is 0 Å². The fourth-order valence-corrected chi connectivity index (χ4v) is 0.975. The number of carbonyl (C=O) groups is 1. The van der Waals surface area contributed by atoms with Gasteiger partial charge in [0.25, 0.3) is 0 Å². The first-order chi connectivity index (χ1) is 6.06. The molecule has 0 heterocycles. The number of rotatable bonds is 5. The zero-order valence-corrected chi connectivity index (χ0v) is 9.18. The molecule has 0 aliphatic heterocycles. The first kappa shape index (κ1) is 12.2. The Morgan fingerprint density at radius 1 is 1.38 bits per heavy atom. The molecule has 0 bridgehead atoms. The number of amides is 1. The number of carbonyl (C=O) groups excluding carboxylic acids is 1. The monoisotopic (exact) mass is 183 g/mol. The quantitative estimate of drug-likeness (QED) is 0.652. The summed E-state index contributed by atoms with van der Waals surface area (Å²) in [7, 11) is 1.68. The maximum absolute atomic E-state index is 10.9. The second-order valence-electron chi connectivity index (χ2n) is 3.85. The number of hydrogen-bond acceptors (Lipinski definition) is 1. The fraction of sp³-hybridized carbons (Fsp3) is 0.727. The molecule has 2 heteroatoms. The largest absolute Gasteiger partial charge is 0.359 e. The molecule has 0 radical (unpaired) electrons. The van der Waals surface area contributed by atoms with Crippen LogP contribution in [0.3, 0.4) is 0 Å². The molecule has 0 spiro atoms. The van der Waals surface area contributed by atoms with Gasteiger partial charge in [-0.25, -0.2) is 0 Å². The third-order valence-electron chi connectivity index (χ3n) is 1.96. The number of allylic oxidation sites excluding steroid dienone is 2. The molecular formula is C11H21NO. The summed E-state index contributed by atoms with van der Waals surface area (Å²) < 4.78 is 0. The van der Waals surface area contributed by atoms with Crippen LogP contribution in [0.25, 0.3) is 0 Å². The minimum atomic E-state index is 0.122. The van der Waals surface area contributed by atoms with Crippen molar-refractivity contribution in [2.24, 2.45) is 5.92 Å². The van der Waals surface area contributed by atoms with Crippen LogP contribution in [0.2, 0.25) is 0 Å². The lowest BCUT2D eigenvalue weighted by Crippen LogP contribution is -2.17. The van der Waals surface area contributed by atoms with E-state index >= 15 is 0 Å². The molecule has 0 fully saturated rings. The van der Waals surface area contributed by atoms with E-state index in [4.69, 9.17) is 0 Å². The smallest absolute Gasteiger partial charge is 0.220 e. The minimum Gasteiger partial charge on any atom is -0.359 e. The summed E-state index contributed by atoms with van der Waals surface area (Å²) >= 11 is 0. The van der Waals surface area contributed by atoms with Crippen LogP contribution in [0.5, 0.6) is 0 Å². The lowest BCUT2D eigenvalue weighted by atomic mass is 10.1. The van der Waals surface area contributed by atoms with Crippen molar-refractivity contribution in [2.75, 3.05) is 7.05 Å². The molecule has 0 aromatic rings. The summed E-state index contributed by atoms with van der Waals surface area (Å²) in [6.45, 7) is 6.48. The fourth-order valence-electron chi connectivity index (χ4n) is 0.975. The Labute approximate surface area is 81.4 Å². The molecular weight excluding hydrogens is 162 g/mol. The van der Waals surface area contributed by atoms with Crippen molar-refractivity contribution in [3.05, 3.63) is 11.6 Å². The van der Waals surface area contributed by atoms with Gasteiger partial charge in [-0.05, 0) is 25.7 Å². The van der Waals surface area contributed by atoms with E-state index in [9.17, 15) is 4.79 Å². The highest BCUT2D eigenvalue weighted by molar-refractivity contribution is 5.75. The molecule has 0 aromatic heterocycles. The normalized spacial score (nSPS) is 11.9. The van der Waals surface area contributed by atoms with Gasteiger partial charge in [-0.3, -0.25) is 4.79 Å². The Bertz CT molecular complexity index is 183. The SMILES string of the molecule is CNC(=O)CC/C(C)=C\CC(C)C. The molecule has 0 saturated carbocycles. The summed E-state index contributed by atoms with van der Waals surface area (Å²) in [6, 6.07) is 0. The van der Waals surface area contributed by atoms with Gasteiger partial charge in [0, 0.05) is 13.5 Å². The highest BCUT2D eigenvalue weighted by Crippen LogP contribution is 2.08. The molecule has 76 valence electrons. The van der Waals surface area contributed by atoms with Gasteiger partial charge in [-0.15, -0.1) is 0 Å². The predicted octanol–water partition coefficient (Wildman–Crippen LogP) is 2.51. The summed E-state index contributed by atoms with van der Waals surface area (Å²) in [5.41, 5.74) is 1.32.